The second-order valence-corrected chi connectivity index (χ2v) is 10.2. The maximum Gasteiger partial charge on any atom is 0.235 e. The van der Waals surface area contributed by atoms with E-state index in [-0.39, 0.29) is 0 Å². The molecule has 4 bridgehead atoms. The van der Waals surface area contributed by atoms with E-state index in [2.05, 4.69) is 20.8 Å². The zero-order valence-corrected chi connectivity index (χ0v) is 14.0. The van der Waals surface area contributed by atoms with Crippen molar-refractivity contribution in [3.63, 3.8) is 0 Å². The lowest BCUT2D eigenvalue weighted by atomic mass is 9.49. The molecule has 0 heterocycles. The average molecular weight is 279 g/mol. The summed E-state index contributed by atoms with van der Waals surface area (Å²) in [6.45, 7) is 7.95. The highest BCUT2D eigenvalue weighted by Crippen LogP contribution is 2.61. The second-order valence-electron chi connectivity index (χ2n) is 8.36. The van der Waals surface area contributed by atoms with Crippen LogP contribution >= 0.6 is 0 Å². The van der Waals surface area contributed by atoms with Gasteiger partial charge in [0, 0.05) is 6.61 Å². The van der Waals surface area contributed by atoms with Crippen LogP contribution in [0.4, 0.5) is 0 Å². The summed E-state index contributed by atoms with van der Waals surface area (Å²) in [7, 11) is 0.685. The smallest absolute Gasteiger partial charge is 0.235 e. The SMILES string of the molecule is CCC(C)(C)[Si]OCCC12CC3CC(CC(C3)C1)C2. The van der Waals surface area contributed by atoms with E-state index in [9.17, 15) is 0 Å². The molecular weight excluding hydrogens is 248 g/mol. The molecule has 4 saturated carbocycles. The molecule has 0 atom stereocenters. The molecule has 4 aliphatic carbocycles. The van der Waals surface area contributed by atoms with Crippen LogP contribution in [0, 0.1) is 23.2 Å². The van der Waals surface area contributed by atoms with Crippen LogP contribution in [0.5, 0.6) is 0 Å². The van der Waals surface area contributed by atoms with Gasteiger partial charge < -0.3 is 4.43 Å². The van der Waals surface area contributed by atoms with Crippen LogP contribution in [0.2, 0.25) is 5.04 Å². The van der Waals surface area contributed by atoms with Crippen LogP contribution in [0.1, 0.15) is 72.1 Å². The fourth-order valence-corrected chi connectivity index (χ4v) is 5.92. The Hall–Kier alpha value is 0.177. The molecule has 0 amide bonds. The summed E-state index contributed by atoms with van der Waals surface area (Å²) in [5.41, 5.74) is 0.704. The predicted molar refractivity (Wildman–Crippen MR) is 81.3 cm³/mol. The van der Waals surface area contributed by atoms with Gasteiger partial charge in [0.25, 0.3) is 0 Å². The summed E-state index contributed by atoms with van der Waals surface area (Å²) in [4.78, 5) is 0. The molecule has 0 aliphatic heterocycles. The lowest BCUT2D eigenvalue weighted by molar-refractivity contribution is -0.0623. The molecule has 0 N–H and O–H groups in total. The Morgan fingerprint density at radius 1 is 1.05 bits per heavy atom. The van der Waals surface area contributed by atoms with Crippen molar-refractivity contribution in [2.24, 2.45) is 23.2 Å². The van der Waals surface area contributed by atoms with E-state index in [1.54, 1.807) is 19.3 Å². The van der Waals surface area contributed by atoms with Crippen molar-refractivity contribution in [1.82, 2.24) is 0 Å². The van der Waals surface area contributed by atoms with E-state index < -0.39 is 0 Å². The minimum atomic E-state index is 0.390. The van der Waals surface area contributed by atoms with Gasteiger partial charge in [0.05, 0.1) is 0 Å². The summed E-state index contributed by atoms with van der Waals surface area (Å²) < 4.78 is 6.06. The van der Waals surface area contributed by atoms with Crippen LogP contribution in [0.15, 0.2) is 0 Å². The van der Waals surface area contributed by atoms with Crippen LogP contribution in [0.3, 0.4) is 0 Å². The first-order valence-electron chi connectivity index (χ1n) is 8.39. The van der Waals surface area contributed by atoms with Crippen molar-refractivity contribution >= 4 is 9.76 Å². The fourth-order valence-electron chi connectivity index (χ4n) is 5.18. The first-order valence-corrected chi connectivity index (χ1v) is 9.30. The highest BCUT2D eigenvalue weighted by Gasteiger charge is 2.50. The Morgan fingerprint density at radius 3 is 2.05 bits per heavy atom. The minimum Gasteiger partial charge on any atom is -0.417 e. The van der Waals surface area contributed by atoms with Crippen LogP contribution in [0.25, 0.3) is 0 Å². The zero-order valence-electron chi connectivity index (χ0n) is 13.0. The van der Waals surface area contributed by atoms with Crippen LogP contribution in [-0.2, 0) is 4.43 Å². The zero-order chi connectivity index (χ0) is 13.5. The van der Waals surface area contributed by atoms with E-state index in [0.29, 0.717) is 20.2 Å². The first-order chi connectivity index (χ1) is 9.00. The Labute approximate surface area is 121 Å². The molecule has 0 saturated heterocycles. The largest absolute Gasteiger partial charge is 0.417 e. The molecular formula is C17H30OSi. The molecule has 0 aromatic heterocycles. The van der Waals surface area contributed by atoms with Gasteiger partial charge in [-0.25, -0.2) is 0 Å². The van der Waals surface area contributed by atoms with Gasteiger partial charge in [-0.2, -0.15) is 0 Å². The van der Waals surface area contributed by atoms with E-state index in [0.717, 1.165) is 24.4 Å². The van der Waals surface area contributed by atoms with Crippen LogP contribution in [-0.4, -0.2) is 16.4 Å². The molecule has 0 spiro atoms. The summed E-state index contributed by atoms with van der Waals surface area (Å²) in [6, 6.07) is 0. The second kappa shape index (κ2) is 5.18. The van der Waals surface area contributed by atoms with Crippen molar-refractivity contribution in [3.8, 4) is 0 Å². The molecule has 1 nitrogen and oxygen atoms in total. The first kappa shape index (κ1) is 14.1. The molecule has 0 aromatic rings. The number of hydrogen-bond acceptors (Lipinski definition) is 1. The summed E-state index contributed by atoms with van der Waals surface area (Å²) in [6.07, 6.45) is 11.8. The van der Waals surface area contributed by atoms with Gasteiger partial charge in [-0.05, 0) is 73.2 Å². The Balaban J connectivity index is 1.48. The van der Waals surface area contributed by atoms with Gasteiger partial charge in [0.2, 0.25) is 9.76 Å². The van der Waals surface area contributed by atoms with E-state index in [1.807, 2.05) is 0 Å². The molecule has 2 radical (unpaired) electrons. The third-order valence-electron chi connectivity index (χ3n) is 6.13. The highest BCUT2D eigenvalue weighted by atomic mass is 28.2. The van der Waals surface area contributed by atoms with E-state index in [4.69, 9.17) is 4.43 Å². The molecule has 2 heteroatoms. The van der Waals surface area contributed by atoms with Gasteiger partial charge in [-0.1, -0.05) is 27.2 Å². The van der Waals surface area contributed by atoms with Gasteiger partial charge in [-0.15, -0.1) is 0 Å². The van der Waals surface area contributed by atoms with Crippen molar-refractivity contribution in [3.05, 3.63) is 0 Å². The number of hydrogen-bond donors (Lipinski definition) is 0. The van der Waals surface area contributed by atoms with Crippen molar-refractivity contribution in [2.45, 2.75) is 77.2 Å². The van der Waals surface area contributed by atoms with E-state index in [1.165, 1.54) is 32.1 Å². The van der Waals surface area contributed by atoms with Gasteiger partial charge >= 0.3 is 0 Å². The lowest BCUT2D eigenvalue weighted by Gasteiger charge is -2.57. The quantitative estimate of drug-likeness (QED) is 0.499. The van der Waals surface area contributed by atoms with Gasteiger partial charge in [0.15, 0.2) is 0 Å². The highest BCUT2D eigenvalue weighted by molar-refractivity contribution is 6.31. The Bertz CT molecular complexity index is 288. The Morgan fingerprint density at radius 2 is 1.58 bits per heavy atom. The molecule has 19 heavy (non-hydrogen) atoms. The molecule has 4 fully saturated rings. The summed E-state index contributed by atoms with van der Waals surface area (Å²) in [5, 5.41) is 0.390. The summed E-state index contributed by atoms with van der Waals surface area (Å²) >= 11 is 0. The van der Waals surface area contributed by atoms with Gasteiger partial charge in [0.1, 0.15) is 0 Å². The standard InChI is InChI=1S/C17H30OSi/c1-4-16(2,3)19-18-6-5-17-10-13-7-14(11-17)9-15(8-13)12-17/h13-15H,4-12H2,1-3H3. The third kappa shape index (κ3) is 3.10. The molecule has 108 valence electrons. The average Bonchev–Trinajstić information content (AvgIpc) is 2.33. The van der Waals surface area contributed by atoms with Crippen molar-refractivity contribution < 1.29 is 4.43 Å². The maximum atomic E-state index is 6.06. The molecule has 0 aromatic carbocycles. The Kier molecular flexibility index (Phi) is 3.85. The van der Waals surface area contributed by atoms with E-state index >= 15 is 0 Å². The topological polar surface area (TPSA) is 9.23 Å². The molecule has 0 unspecified atom stereocenters. The lowest BCUT2D eigenvalue weighted by Crippen LogP contribution is -2.46. The normalized spacial score (nSPS) is 40.9. The fraction of sp³-hybridized carbons (Fsp3) is 1.00. The minimum absolute atomic E-state index is 0.390. The van der Waals surface area contributed by atoms with Gasteiger partial charge in [-0.3, -0.25) is 0 Å². The number of rotatable bonds is 6. The molecule has 4 aliphatic rings. The molecule has 4 rings (SSSR count). The predicted octanol–water partition coefficient (Wildman–Crippen LogP) is 4.84. The van der Waals surface area contributed by atoms with Crippen LogP contribution < -0.4 is 0 Å². The monoisotopic (exact) mass is 278 g/mol. The maximum absolute atomic E-state index is 6.06. The van der Waals surface area contributed by atoms with Crippen molar-refractivity contribution in [2.75, 3.05) is 6.61 Å². The summed E-state index contributed by atoms with van der Waals surface area (Å²) in [5.74, 6) is 3.25. The third-order valence-corrected chi connectivity index (χ3v) is 7.39. The van der Waals surface area contributed by atoms with Crippen molar-refractivity contribution in [1.29, 1.82) is 0 Å².